The van der Waals surface area contributed by atoms with E-state index >= 15 is 0 Å². The molecule has 4 nitrogen and oxygen atoms in total. The van der Waals surface area contributed by atoms with Crippen molar-refractivity contribution in [2.45, 2.75) is 64.0 Å². The smallest absolute Gasteiger partial charge is 0.214 e. The van der Waals surface area contributed by atoms with Gasteiger partial charge in [0.1, 0.15) is 0 Å². The van der Waals surface area contributed by atoms with Gasteiger partial charge in [0, 0.05) is 18.6 Å². The Kier molecular flexibility index (Phi) is 5.04. The molecule has 0 spiro atoms. The maximum atomic E-state index is 12.3. The lowest BCUT2D eigenvalue weighted by molar-refractivity contribution is 0.367. The van der Waals surface area contributed by atoms with Crippen LogP contribution in [0.15, 0.2) is 0 Å². The van der Waals surface area contributed by atoms with Gasteiger partial charge in [-0.2, -0.15) is 4.31 Å². The second-order valence-electron chi connectivity index (χ2n) is 5.57. The van der Waals surface area contributed by atoms with Gasteiger partial charge in [0.05, 0.1) is 5.75 Å². The zero-order valence-corrected chi connectivity index (χ0v) is 12.2. The third-order valence-corrected chi connectivity index (χ3v) is 6.24. The molecule has 2 heterocycles. The van der Waals surface area contributed by atoms with Crippen molar-refractivity contribution in [1.29, 1.82) is 0 Å². The first-order chi connectivity index (χ1) is 8.63. The molecule has 5 heteroatoms. The van der Waals surface area contributed by atoms with Crippen molar-refractivity contribution in [3.8, 4) is 0 Å². The molecular formula is C13H26N2O2S. The number of hydrogen-bond donors (Lipinski definition) is 1. The van der Waals surface area contributed by atoms with Crippen LogP contribution in [0, 0.1) is 0 Å². The van der Waals surface area contributed by atoms with E-state index in [2.05, 4.69) is 12.2 Å². The highest BCUT2D eigenvalue weighted by molar-refractivity contribution is 7.89. The molecule has 2 saturated heterocycles. The van der Waals surface area contributed by atoms with Crippen molar-refractivity contribution in [2.75, 3.05) is 18.8 Å². The van der Waals surface area contributed by atoms with E-state index in [4.69, 9.17) is 0 Å². The van der Waals surface area contributed by atoms with E-state index in [-0.39, 0.29) is 6.04 Å². The molecule has 2 rings (SSSR count). The molecule has 0 aromatic rings. The molecule has 1 N–H and O–H groups in total. The number of piperidine rings is 1. The average Bonchev–Trinajstić information content (AvgIpc) is 2.87. The quantitative estimate of drug-likeness (QED) is 0.830. The Bertz CT molecular complexity index is 350. The van der Waals surface area contributed by atoms with Crippen LogP contribution in [0.25, 0.3) is 0 Å². The molecule has 0 saturated carbocycles. The van der Waals surface area contributed by atoms with Gasteiger partial charge >= 0.3 is 0 Å². The highest BCUT2D eigenvalue weighted by Crippen LogP contribution is 2.24. The molecule has 0 amide bonds. The summed E-state index contributed by atoms with van der Waals surface area (Å²) in [4.78, 5) is 0. The fourth-order valence-corrected chi connectivity index (χ4v) is 5.09. The monoisotopic (exact) mass is 274 g/mol. The third kappa shape index (κ3) is 3.45. The summed E-state index contributed by atoms with van der Waals surface area (Å²) in [5, 5.41) is 3.42. The maximum absolute atomic E-state index is 12.3. The number of hydrogen-bond acceptors (Lipinski definition) is 3. The van der Waals surface area contributed by atoms with Crippen LogP contribution in [0.3, 0.4) is 0 Å². The topological polar surface area (TPSA) is 49.4 Å². The lowest BCUT2D eigenvalue weighted by Gasteiger charge is -2.26. The Morgan fingerprint density at radius 1 is 1.22 bits per heavy atom. The summed E-state index contributed by atoms with van der Waals surface area (Å²) >= 11 is 0. The lowest BCUT2D eigenvalue weighted by atomic mass is 10.0. The highest BCUT2D eigenvalue weighted by atomic mass is 32.2. The minimum atomic E-state index is -3.03. The SMILES string of the molecule is CCC1CCCN1S(=O)(=O)CCC1CCCCN1. The van der Waals surface area contributed by atoms with Crippen LogP contribution in [0.1, 0.15) is 51.9 Å². The van der Waals surface area contributed by atoms with Gasteiger partial charge in [-0.3, -0.25) is 0 Å². The van der Waals surface area contributed by atoms with Gasteiger partial charge in [0.25, 0.3) is 0 Å². The number of nitrogens with zero attached hydrogens (tertiary/aromatic N) is 1. The van der Waals surface area contributed by atoms with E-state index < -0.39 is 10.0 Å². The zero-order chi connectivity index (χ0) is 13.0. The standard InChI is InChI=1S/C13H26N2O2S/c1-2-13-7-5-10-15(13)18(16,17)11-8-12-6-3-4-9-14-12/h12-14H,2-11H2,1H3. The molecule has 0 aliphatic carbocycles. The van der Waals surface area contributed by atoms with Crippen LogP contribution in [-0.4, -0.2) is 43.6 Å². The van der Waals surface area contributed by atoms with Crippen LogP contribution in [0.5, 0.6) is 0 Å². The fraction of sp³-hybridized carbons (Fsp3) is 1.00. The van der Waals surface area contributed by atoms with Gasteiger partial charge in [0.2, 0.25) is 10.0 Å². The van der Waals surface area contributed by atoms with Crippen molar-refractivity contribution in [1.82, 2.24) is 9.62 Å². The van der Waals surface area contributed by atoms with Crippen molar-refractivity contribution in [2.24, 2.45) is 0 Å². The van der Waals surface area contributed by atoms with Gasteiger partial charge in [-0.25, -0.2) is 8.42 Å². The summed E-state index contributed by atoms with van der Waals surface area (Å²) in [5.41, 5.74) is 0. The van der Waals surface area contributed by atoms with Gasteiger partial charge in [0.15, 0.2) is 0 Å². The van der Waals surface area contributed by atoms with Crippen molar-refractivity contribution in [3.63, 3.8) is 0 Å². The van der Waals surface area contributed by atoms with Crippen molar-refractivity contribution < 1.29 is 8.42 Å². The van der Waals surface area contributed by atoms with Crippen molar-refractivity contribution >= 4 is 10.0 Å². The Hall–Kier alpha value is -0.130. The van der Waals surface area contributed by atoms with Gasteiger partial charge in [-0.15, -0.1) is 0 Å². The van der Waals surface area contributed by atoms with E-state index in [1.54, 1.807) is 4.31 Å². The third-order valence-electron chi connectivity index (χ3n) is 4.29. The number of nitrogens with one attached hydrogen (secondary N) is 1. The molecule has 0 radical (unpaired) electrons. The highest BCUT2D eigenvalue weighted by Gasteiger charge is 2.33. The number of sulfonamides is 1. The molecule has 2 aliphatic heterocycles. The van der Waals surface area contributed by atoms with Gasteiger partial charge < -0.3 is 5.32 Å². The van der Waals surface area contributed by atoms with Crippen LogP contribution in [0.4, 0.5) is 0 Å². The van der Waals surface area contributed by atoms with E-state index in [0.717, 1.165) is 45.2 Å². The van der Waals surface area contributed by atoms with Crippen LogP contribution in [0.2, 0.25) is 0 Å². The van der Waals surface area contributed by atoms with E-state index in [1.807, 2.05) is 0 Å². The molecule has 2 unspecified atom stereocenters. The molecular weight excluding hydrogens is 248 g/mol. The summed E-state index contributed by atoms with van der Waals surface area (Å²) in [7, 11) is -3.03. The normalized spacial score (nSPS) is 30.7. The second kappa shape index (κ2) is 6.35. The van der Waals surface area contributed by atoms with Crippen LogP contribution < -0.4 is 5.32 Å². The summed E-state index contributed by atoms with van der Waals surface area (Å²) in [6, 6.07) is 0.672. The van der Waals surface area contributed by atoms with Gasteiger partial charge in [-0.1, -0.05) is 13.3 Å². The predicted molar refractivity (Wildman–Crippen MR) is 74.1 cm³/mol. The Morgan fingerprint density at radius 3 is 2.72 bits per heavy atom. The Morgan fingerprint density at radius 2 is 2.06 bits per heavy atom. The molecule has 0 aromatic heterocycles. The maximum Gasteiger partial charge on any atom is 0.214 e. The second-order valence-corrected chi connectivity index (χ2v) is 7.61. The summed E-state index contributed by atoms with van der Waals surface area (Å²) in [5.74, 6) is 0.321. The lowest BCUT2D eigenvalue weighted by Crippen LogP contribution is -2.40. The fourth-order valence-electron chi connectivity index (χ4n) is 3.16. The first kappa shape index (κ1) is 14.3. The largest absolute Gasteiger partial charge is 0.314 e. The van der Waals surface area contributed by atoms with Crippen molar-refractivity contribution in [3.05, 3.63) is 0 Å². The molecule has 0 bridgehead atoms. The predicted octanol–water partition coefficient (Wildman–Crippen LogP) is 1.72. The number of rotatable bonds is 5. The van der Waals surface area contributed by atoms with E-state index in [0.29, 0.717) is 11.8 Å². The minimum Gasteiger partial charge on any atom is -0.314 e. The molecule has 0 aromatic carbocycles. The summed E-state index contributed by atoms with van der Waals surface area (Å²) in [6.07, 6.45) is 7.38. The minimum absolute atomic E-state index is 0.259. The molecule has 2 fully saturated rings. The molecule has 18 heavy (non-hydrogen) atoms. The summed E-state index contributed by atoms with van der Waals surface area (Å²) in [6.45, 7) is 3.87. The van der Waals surface area contributed by atoms with E-state index in [9.17, 15) is 8.42 Å². The molecule has 2 atom stereocenters. The Labute approximate surface area is 111 Å². The zero-order valence-electron chi connectivity index (χ0n) is 11.4. The van der Waals surface area contributed by atoms with Crippen LogP contribution in [-0.2, 0) is 10.0 Å². The van der Waals surface area contributed by atoms with Crippen LogP contribution >= 0.6 is 0 Å². The first-order valence-corrected chi connectivity index (χ1v) is 8.97. The molecule has 106 valence electrons. The Balaban J connectivity index is 1.86. The summed E-state index contributed by atoms with van der Waals surface area (Å²) < 4.78 is 26.4. The molecule has 2 aliphatic rings. The van der Waals surface area contributed by atoms with E-state index in [1.165, 1.54) is 12.8 Å². The van der Waals surface area contributed by atoms with Gasteiger partial charge in [-0.05, 0) is 45.1 Å². The average molecular weight is 274 g/mol. The first-order valence-electron chi connectivity index (χ1n) is 7.36.